The Morgan fingerprint density at radius 2 is 2.07 bits per heavy atom. The molecule has 0 bridgehead atoms. The van der Waals surface area contributed by atoms with E-state index in [1.165, 1.54) is 0 Å². The Balaban J connectivity index is 0.000000980. The van der Waals surface area contributed by atoms with Crippen molar-refractivity contribution in [1.82, 2.24) is 9.55 Å². The van der Waals surface area contributed by atoms with Crippen LogP contribution in [-0.2, 0) is 13.6 Å². The highest BCUT2D eigenvalue weighted by Gasteiger charge is 2.04. The molecule has 2 heterocycles. The summed E-state index contributed by atoms with van der Waals surface area (Å²) < 4.78 is 3.01. The Morgan fingerprint density at radius 3 is 2.67 bits per heavy atom. The molecule has 0 aliphatic heterocycles. The van der Waals surface area contributed by atoms with Crippen LogP contribution in [0.1, 0.15) is 5.69 Å². The highest BCUT2D eigenvalue weighted by Crippen LogP contribution is 2.19. The van der Waals surface area contributed by atoms with Crippen molar-refractivity contribution >= 4 is 51.8 Å². The van der Waals surface area contributed by atoms with Crippen molar-refractivity contribution in [2.75, 3.05) is 0 Å². The van der Waals surface area contributed by atoms with Gasteiger partial charge in [-0.05, 0) is 28.1 Å². The second-order valence-electron chi connectivity index (χ2n) is 2.97. The number of nitrogens with zero attached hydrogens (tertiary/aromatic N) is 2. The van der Waals surface area contributed by atoms with Gasteiger partial charge in [-0.15, -0.1) is 24.8 Å². The number of nitrogens with two attached hydrogens (primary N) is 1. The lowest BCUT2D eigenvalue weighted by Crippen LogP contribution is -2.02. The summed E-state index contributed by atoms with van der Waals surface area (Å²) in [5.74, 6) is 0. The fourth-order valence-corrected chi connectivity index (χ4v) is 1.79. The molecule has 6 heteroatoms. The number of pyridine rings is 1. The van der Waals surface area contributed by atoms with Gasteiger partial charge >= 0.3 is 0 Å². The standard InChI is InChI=1S/C9H10BrN3.2ClH/c1-13-8(4-11)3-6-2-7(10)5-12-9(6)13;;/h2-3,5H,4,11H2,1H3;2*1H. The van der Waals surface area contributed by atoms with Crippen LogP contribution >= 0.6 is 40.7 Å². The zero-order valence-electron chi connectivity index (χ0n) is 8.11. The molecular weight excluding hydrogens is 301 g/mol. The minimum absolute atomic E-state index is 0. The van der Waals surface area contributed by atoms with Crippen molar-refractivity contribution in [2.45, 2.75) is 6.54 Å². The van der Waals surface area contributed by atoms with Crippen molar-refractivity contribution in [3.05, 3.63) is 28.5 Å². The molecule has 15 heavy (non-hydrogen) atoms. The van der Waals surface area contributed by atoms with Crippen molar-refractivity contribution in [2.24, 2.45) is 12.8 Å². The molecule has 0 saturated heterocycles. The molecule has 84 valence electrons. The van der Waals surface area contributed by atoms with E-state index in [1.807, 2.05) is 17.7 Å². The van der Waals surface area contributed by atoms with Crippen LogP contribution in [0.15, 0.2) is 22.8 Å². The largest absolute Gasteiger partial charge is 0.331 e. The average Bonchev–Trinajstić information content (AvgIpc) is 2.42. The van der Waals surface area contributed by atoms with Crippen molar-refractivity contribution in [3.8, 4) is 0 Å². The number of fused-ring (bicyclic) bond motifs is 1. The second-order valence-corrected chi connectivity index (χ2v) is 3.88. The lowest BCUT2D eigenvalue weighted by molar-refractivity contribution is 0.839. The van der Waals surface area contributed by atoms with Gasteiger partial charge in [0.2, 0.25) is 0 Å². The van der Waals surface area contributed by atoms with Crippen LogP contribution in [0, 0.1) is 0 Å². The first-order chi connectivity index (χ1) is 6.22. The van der Waals surface area contributed by atoms with Gasteiger partial charge in [0.05, 0.1) is 0 Å². The van der Waals surface area contributed by atoms with Gasteiger partial charge in [0.25, 0.3) is 0 Å². The van der Waals surface area contributed by atoms with Crippen LogP contribution < -0.4 is 5.73 Å². The molecule has 0 aliphatic rings. The lowest BCUT2D eigenvalue weighted by atomic mass is 10.3. The molecule has 0 atom stereocenters. The molecule has 0 aliphatic carbocycles. The summed E-state index contributed by atoms with van der Waals surface area (Å²) in [7, 11) is 1.98. The summed E-state index contributed by atoms with van der Waals surface area (Å²) in [6.45, 7) is 0.546. The maximum atomic E-state index is 5.59. The minimum atomic E-state index is 0. The maximum Gasteiger partial charge on any atom is 0.139 e. The molecular formula is C9H12BrCl2N3. The van der Waals surface area contributed by atoms with Crippen LogP contribution in [0.2, 0.25) is 0 Å². The zero-order valence-corrected chi connectivity index (χ0v) is 11.3. The Labute approximate surface area is 109 Å². The molecule has 2 aromatic rings. The summed E-state index contributed by atoms with van der Waals surface area (Å²) in [5, 5.41) is 1.12. The van der Waals surface area contributed by atoms with Gasteiger partial charge < -0.3 is 10.3 Å². The van der Waals surface area contributed by atoms with E-state index in [0.717, 1.165) is 21.2 Å². The first-order valence-electron chi connectivity index (χ1n) is 4.02. The minimum Gasteiger partial charge on any atom is -0.331 e. The van der Waals surface area contributed by atoms with E-state index in [4.69, 9.17) is 5.73 Å². The Kier molecular flexibility index (Phi) is 5.59. The number of rotatable bonds is 1. The summed E-state index contributed by atoms with van der Waals surface area (Å²) in [6.07, 6.45) is 1.79. The van der Waals surface area contributed by atoms with E-state index in [9.17, 15) is 0 Å². The van der Waals surface area contributed by atoms with Crippen LogP contribution in [-0.4, -0.2) is 9.55 Å². The third-order valence-corrected chi connectivity index (χ3v) is 2.58. The van der Waals surface area contributed by atoms with Gasteiger partial charge in [0, 0.05) is 35.3 Å². The molecule has 0 spiro atoms. The van der Waals surface area contributed by atoms with Crippen LogP contribution in [0.5, 0.6) is 0 Å². The topological polar surface area (TPSA) is 43.8 Å². The first-order valence-corrected chi connectivity index (χ1v) is 4.81. The molecule has 0 saturated carbocycles. The van der Waals surface area contributed by atoms with E-state index < -0.39 is 0 Å². The summed E-state index contributed by atoms with van der Waals surface area (Å²) in [4.78, 5) is 4.31. The summed E-state index contributed by atoms with van der Waals surface area (Å²) in [6, 6.07) is 4.11. The average molecular weight is 313 g/mol. The van der Waals surface area contributed by atoms with Crippen LogP contribution in [0.4, 0.5) is 0 Å². The van der Waals surface area contributed by atoms with Crippen LogP contribution in [0.25, 0.3) is 11.0 Å². The fraction of sp³-hybridized carbons (Fsp3) is 0.222. The molecule has 0 amide bonds. The third-order valence-electron chi connectivity index (χ3n) is 2.14. The SMILES string of the molecule is Cl.Cl.Cn1c(CN)cc2cc(Br)cnc21. The lowest BCUT2D eigenvalue weighted by Gasteiger charge is -1.98. The predicted octanol–water partition coefficient (Wildman–Crippen LogP) is 2.64. The van der Waals surface area contributed by atoms with E-state index >= 15 is 0 Å². The summed E-state index contributed by atoms with van der Waals surface area (Å²) in [5.41, 5.74) is 7.67. The Morgan fingerprint density at radius 1 is 1.40 bits per heavy atom. The monoisotopic (exact) mass is 311 g/mol. The maximum absolute atomic E-state index is 5.59. The smallest absolute Gasteiger partial charge is 0.139 e. The quantitative estimate of drug-likeness (QED) is 0.879. The Hall–Kier alpha value is -0.290. The van der Waals surface area contributed by atoms with Crippen molar-refractivity contribution in [3.63, 3.8) is 0 Å². The van der Waals surface area contributed by atoms with Gasteiger partial charge in [-0.2, -0.15) is 0 Å². The first kappa shape index (κ1) is 14.7. The summed E-state index contributed by atoms with van der Waals surface area (Å²) >= 11 is 3.39. The molecule has 2 aromatic heterocycles. The van der Waals surface area contributed by atoms with Crippen molar-refractivity contribution in [1.29, 1.82) is 0 Å². The van der Waals surface area contributed by atoms with E-state index in [1.54, 1.807) is 6.20 Å². The van der Waals surface area contributed by atoms with Gasteiger partial charge in [0.1, 0.15) is 5.65 Å². The molecule has 0 fully saturated rings. The van der Waals surface area contributed by atoms with Crippen LogP contribution in [0.3, 0.4) is 0 Å². The van der Waals surface area contributed by atoms with Gasteiger partial charge in [-0.1, -0.05) is 0 Å². The van der Waals surface area contributed by atoms with E-state index in [-0.39, 0.29) is 24.8 Å². The number of aromatic nitrogens is 2. The molecule has 2 N–H and O–H groups in total. The van der Waals surface area contributed by atoms with Gasteiger partial charge in [-0.3, -0.25) is 0 Å². The third kappa shape index (κ3) is 2.64. The second kappa shape index (κ2) is 5.70. The number of aryl methyl sites for hydroxylation is 1. The number of hydrogen-bond donors (Lipinski definition) is 1. The van der Waals surface area contributed by atoms with E-state index in [2.05, 4.69) is 27.0 Å². The number of hydrogen-bond acceptors (Lipinski definition) is 2. The van der Waals surface area contributed by atoms with Gasteiger partial charge in [0.15, 0.2) is 0 Å². The fourth-order valence-electron chi connectivity index (χ4n) is 1.44. The zero-order chi connectivity index (χ0) is 9.42. The molecule has 3 nitrogen and oxygen atoms in total. The normalized spacial score (nSPS) is 9.53. The van der Waals surface area contributed by atoms with Crippen molar-refractivity contribution < 1.29 is 0 Å². The Bertz CT molecular complexity index is 456. The molecule has 0 unspecified atom stereocenters. The molecule has 0 aromatic carbocycles. The predicted molar refractivity (Wildman–Crippen MR) is 70.8 cm³/mol. The molecule has 0 radical (unpaired) electrons. The highest BCUT2D eigenvalue weighted by atomic mass is 79.9. The highest BCUT2D eigenvalue weighted by molar-refractivity contribution is 9.10. The van der Waals surface area contributed by atoms with Gasteiger partial charge in [-0.25, -0.2) is 4.98 Å². The van der Waals surface area contributed by atoms with E-state index in [0.29, 0.717) is 6.54 Å². The molecule has 2 rings (SSSR count). The number of halogens is 3.